The highest BCUT2D eigenvalue weighted by atomic mass is 16.5. The average Bonchev–Trinajstić information content (AvgIpc) is 2.75. The Morgan fingerprint density at radius 2 is 1.65 bits per heavy atom. The predicted octanol–water partition coefficient (Wildman–Crippen LogP) is 1.14. The largest absolute Gasteiger partial charge is 0.493 e. The van der Waals surface area contributed by atoms with Crippen LogP contribution in [0.15, 0.2) is 17.7 Å². The summed E-state index contributed by atoms with van der Waals surface area (Å²) in [5.41, 5.74) is 1.10. The van der Waals surface area contributed by atoms with Gasteiger partial charge in [0.15, 0.2) is 11.5 Å². The summed E-state index contributed by atoms with van der Waals surface area (Å²) >= 11 is 0. The molecular formula is C14H15NO5. The third-order valence-electron chi connectivity index (χ3n) is 2.92. The van der Waals surface area contributed by atoms with Crippen molar-refractivity contribution >= 4 is 17.9 Å². The number of rotatable bonds is 4. The van der Waals surface area contributed by atoms with Gasteiger partial charge >= 0.3 is 0 Å². The first kappa shape index (κ1) is 13.9. The van der Waals surface area contributed by atoms with Crippen molar-refractivity contribution in [2.75, 3.05) is 21.3 Å². The van der Waals surface area contributed by atoms with E-state index >= 15 is 0 Å². The zero-order valence-corrected chi connectivity index (χ0v) is 11.5. The molecule has 0 aromatic heterocycles. The maximum absolute atomic E-state index is 11.5. The predicted molar refractivity (Wildman–Crippen MR) is 71.8 cm³/mol. The number of hydrogen-bond donors (Lipinski definition) is 1. The Bertz CT molecular complexity index is 566. The van der Waals surface area contributed by atoms with E-state index in [9.17, 15) is 9.59 Å². The molecule has 0 atom stereocenters. The number of benzene rings is 1. The Hall–Kier alpha value is -2.50. The van der Waals surface area contributed by atoms with Gasteiger partial charge in [-0.15, -0.1) is 0 Å². The number of amides is 2. The number of nitrogens with one attached hydrogen (secondary N) is 1. The fourth-order valence-electron chi connectivity index (χ4n) is 2.01. The van der Waals surface area contributed by atoms with Crippen LogP contribution in [0, 0.1) is 0 Å². The minimum absolute atomic E-state index is 0.0789. The van der Waals surface area contributed by atoms with E-state index in [4.69, 9.17) is 14.2 Å². The summed E-state index contributed by atoms with van der Waals surface area (Å²) in [5, 5.41) is 2.23. The lowest BCUT2D eigenvalue weighted by Crippen LogP contribution is -2.19. The van der Waals surface area contributed by atoms with Gasteiger partial charge in [0.05, 0.1) is 27.8 Å². The van der Waals surface area contributed by atoms with Gasteiger partial charge in [-0.1, -0.05) is 0 Å². The molecule has 6 nitrogen and oxygen atoms in total. The van der Waals surface area contributed by atoms with Crippen molar-refractivity contribution in [3.63, 3.8) is 0 Å². The smallest absolute Gasteiger partial charge is 0.254 e. The van der Waals surface area contributed by atoms with Crippen LogP contribution >= 0.6 is 0 Å². The monoisotopic (exact) mass is 277 g/mol. The van der Waals surface area contributed by atoms with Gasteiger partial charge < -0.3 is 14.2 Å². The van der Waals surface area contributed by atoms with E-state index in [0.717, 1.165) is 0 Å². The SMILES string of the molecule is COc1cc(/C=C2/CC(=O)NC2=O)cc(OC)c1OC. The molecule has 0 spiro atoms. The van der Waals surface area contributed by atoms with Crippen LogP contribution in [0.3, 0.4) is 0 Å². The Morgan fingerprint density at radius 3 is 2.05 bits per heavy atom. The standard InChI is InChI=1S/C14H15NO5/c1-18-10-5-8(6-11(19-2)13(10)20-3)4-9-7-12(16)15-14(9)17/h4-6H,7H2,1-3H3,(H,15,16,17)/b9-4-. The van der Waals surface area contributed by atoms with E-state index in [1.54, 1.807) is 18.2 Å². The van der Waals surface area contributed by atoms with Gasteiger partial charge in [-0.05, 0) is 23.8 Å². The molecule has 0 saturated carbocycles. The molecule has 106 valence electrons. The van der Waals surface area contributed by atoms with Gasteiger partial charge in [-0.2, -0.15) is 0 Å². The summed E-state index contributed by atoms with van der Waals surface area (Å²) in [7, 11) is 4.54. The summed E-state index contributed by atoms with van der Waals surface area (Å²) in [6.45, 7) is 0. The second-order valence-corrected chi connectivity index (χ2v) is 4.18. The Balaban J connectivity index is 2.45. The van der Waals surface area contributed by atoms with Crippen LogP contribution in [-0.4, -0.2) is 33.1 Å². The average molecular weight is 277 g/mol. The van der Waals surface area contributed by atoms with Crippen LogP contribution in [0.4, 0.5) is 0 Å². The minimum atomic E-state index is -0.372. The number of methoxy groups -OCH3 is 3. The lowest BCUT2D eigenvalue weighted by atomic mass is 10.1. The summed E-state index contributed by atoms with van der Waals surface area (Å²) in [5.74, 6) is 0.786. The zero-order chi connectivity index (χ0) is 14.7. The summed E-state index contributed by atoms with van der Waals surface area (Å²) in [6, 6.07) is 3.43. The second kappa shape index (κ2) is 5.64. The van der Waals surface area contributed by atoms with Crippen molar-refractivity contribution in [3.8, 4) is 17.2 Å². The molecule has 6 heteroatoms. The van der Waals surface area contributed by atoms with Crippen LogP contribution in [0.5, 0.6) is 17.2 Å². The van der Waals surface area contributed by atoms with Crippen molar-refractivity contribution in [1.29, 1.82) is 0 Å². The molecule has 1 aliphatic rings. The van der Waals surface area contributed by atoms with Crippen LogP contribution in [0.1, 0.15) is 12.0 Å². The van der Waals surface area contributed by atoms with E-state index in [0.29, 0.717) is 28.4 Å². The molecule has 2 amide bonds. The van der Waals surface area contributed by atoms with Gasteiger partial charge in [-0.3, -0.25) is 14.9 Å². The molecule has 0 radical (unpaired) electrons. The Kier molecular flexibility index (Phi) is 3.93. The highest BCUT2D eigenvalue weighted by Crippen LogP contribution is 2.38. The first-order valence-electron chi connectivity index (χ1n) is 5.93. The molecule has 1 aliphatic heterocycles. The normalized spacial score (nSPS) is 16.2. The van der Waals surface area contributed by atoms with Gasteiger partial charge in [0.1, 0.15) is 0 Å². The molecule has 1 fully saturated rings. The lowest BCUT2D eigenvalue weighted by Gasteiger charge is -2.13. The van der Waals surface area contributed by atoms with Crippen LogP contribution in [0.2, 0.25) is 0 Å². The molecule has 0 unspecified atom stereocenters. The van der Waals surface area contributed by atoms with Gasteiger partial charge in [0.2, 0.25) is 11.7 Å². The number of carbonyl (C=O) groups is 2. The molecule has 20 heavy (non-hydrogen) atoms. The summed E-state index contributed by atoms with van der Waals surface area (Å²) < 4.78 is 15.7. The fourth-order valence-corrected chi connectivity index (χ4v) is 2.01. The maximum Gasteiger partial charge on any atom is 0.254 e. The summed E-state index contributed by atoms with van der Waals surface area (Å²) in [6.07, 6.45) is 1.71. The van der Waals surface area contributed by atoms with Crippen molar-refractivity contribution in [2.45, 2.75) is 6.42 Å². The molecule has 0 aliphatic carbocycles. The second-order valence-electron chi connectivity index (χ2n) is 4.18. The van der Waals surface area contributed by atoms with Crippen molar-refractivity contribution in [2.24, 2.45) is 0 Å². The fraction of sp³-hybridized carbons (Fsp3) is 0.286. The lowest BCUT2D eigenvalue weighted by molar-refractivity contribution is -0.124. The topological polar surface area (TPSA) is 73.9 Å². The molecule has 1 aromatic carbocycles. The molecule has 0 bridgehead atoms. The van der Waals surface area contributed by atoms with Crippen molar-refractivity contribution in [3.05, 3.63) is 23.3 Å². The first-order valence-corrected chi connectivity index (χ1v) is 5.93. The first-order chi connectivity index (χ1) is 9.58. The number of hydrogen-bond acceptors (Lipinski definition) is 5. The third-order valence-corrected chi connectivity index (χ3v) is 2.92. The van der Waals surface area contributed by atoms with Crippen LogP contribution in [0.25, 0.3) is 6.08 Å². The van der Waals surface area contributed by atoms with Crippen molar-refractivity contribution in [1.82, 2.24) is 5.32 Å². The maximum atomic E-state index is 11.5. The third kappa shape index (κ3) is 2.59. The number of carbonyl (C=O) groups excluding carboxylic acids is 2. The number of imide groups is 1. The van der Waals surface area contributed by atoms with E-state index in [2.05, 4.69) is 5.32 Å². The van der Waals surface area contributed by atoms with E-state index < -0.39 is 0 Å². The van der Waals surface area contributed by atoms with Crippen LogP contribution < -0.4 is 19.5 Å². The highest BCUT2D eigenvalue weighted by Gasteiger charge is 2.24. The molecule has 1 N–H and O–H groups in total. The molecule has 1 saturated heterocycles. The quantitative estimate of drug-likeness (QED) is 0.660. The molecule has 1 heterocycles. The van der Waals surface area contributed by atoms with Gasteiger partial charge in [0.25, 0.3) is 5.91 Å². The number of ether oxygens (including phenoxy) is 3. The molecular weight excluding hydrogens is 262 g/mol. The van der Waals surface area contributed by atoms with E-state index in [1.807, 2.05) is 0 Å². The minimum Gasteiger partial charge on any atom is -0.493 e. The zero-order valence-electron chi connectivity index (χ0n) is 11.5. The van der Waals surface area contributed by atoms with Gasteiger partial charge in [0, 0.05) is 5.57 Å². The van der Waals surface area contributed by atoms with Crippen molar-refractivity contribution < 1.29 is 23.8 Å². The molecule has 1 aromatic rings. The Morgan fingerprint density at radius 1 is 1.05 bits per heavy atom. The summed E-state index contributed by atoms with van der Waals surface area (Å²) in [4.78, 5) is 22.7. The van der Waals surface area contributed by atoms with Gasteiger partial charge in [-0.25, -0.2) is 0 Å². The van der Waals surface area contributed by atoms with E-state index in [1.165, 1.54) is 21.3 Å². The Labute approximate surface area is 116 Å². The van der Waals surface area contributed by atoms with E-state index in [-0.39, 0.29) is 18.2 Å². The van der Waals surface area contributed by atoms with Crippen LogP contribution in [-0.2, 0) is 9.59 Å². The molecule has 2 rings (SSSR count). The highest BCUT2D eigenvalue weighted by molar-refractivity contribution is 6.15.